The summed E-state index contributed by atoms with van der Waals surface area (Å²) in [6.45, 7) is 8.12. The monoisotopic (exact) mass is 575 g/mol. The number of anilines is 2. The van der Waals surface area contributed by atoms with Crippen molar-refractivity contribution in [1.82, 2.24) is 0 Å². The van der Waals surface area contributed by atoms with E-state index in [1.807, 2.05) is 102 Å². The van der Waals surface area contributed by atoms with E-state index in [-0.39, 0.29) is 24.8 Å². The van der Waals surface area contributed by atoms with Gasteiger partial charge in [-0.05, 0) is 85.0 Å². The van der Waals surface area contributed by atoms with Gasteiger partial charge in [0.15, 0.2) is 0 Å². The molecule has 0 saturated carbocycles. The van der Waals surface area contributed by atoms with E-state index in [2.05, 4.69) is 26.1 Å². The van der Waals surface area contributed by atoms with E-state index >= 15 is 0 Å². The minimum Gasteiger partial charge on any atom is -0.493 e. The molecule has 1 unspecified atom stereocenters. The molecule has 0 aromatic heterocycles. The Morgan fingerprint density at radius 2 is 1.51 bits per heavy atom. The quantitative estimate of drug-likeness (QED) is 0.244. The second kappa shape index (κ2) is 11.8. The maximum absolute atomic E-state index is 13.3. The van der Waals surface area contributed by atoms with Crippen molar-refractivity contribution in [2.75, 3.05) is 16.8 Å². The zero-order chi connectivity index (χ0) is 30.8. The highest BCUT2D eigenvalue weighted by molar-refractivity contribution is 6.05. The maximum atomic E-state index is 13.3. The van der Waals surface area contributed by atoms with Crippen molar-refractivity contribution in [3.05, 3.63) is 114 Å². The average molecular weight is 576 g/mol. The third kappa shape index (κ3) is 6.16. The van der Waals surface area contributed by atoms with E-state index in [1.54, 1.807) is 6.92 Å². The Morgan fingerprint density at radius 1 is 0.860 bits per heavy atom. The van der Waals surface area contributed by atoms with Crippen molar-refractivity contribution in [2.24, 2.45) is 5.73 Å². The molecule has 1 aliphatic heterocycles. The Balaban J connectivity index is 1.46. The molecule has 1 aliphatic rings. The summed E-state index contributed by atoms with van der Waals surface area (Å²) in [5.74, 6) is -0.0130. The molecule has 4 aromatic rings. The number of primary amides is 1. The first kappa shape index (κ1) is 29.6. The zero-order valence-corrected chi connectivity index (χ0v) is 25.0. The van der Waals surface area contributed by atoms with Crippen molar-refractivity contribution in [2.45, 2.75) is 51.5 Å². The van der Waals surface area contributed by atoms with Crippen LogP contribution in [0.3, 0.4) is 0 Å². The van der Waals surface area contributed by atoms with Gasteiger partial charge in [-0.15, -0.1) is 0 Å². The molecule has 5 rings (SSSR count). The largest absolute Gasteiger partial charge is 0.493 e. The number of benzene rings is 4. The predicted molar refractivity (Wildman–Crippen MR) is 170 cm³/mol. The van der Waals surface area contributed by atoms with Crippen LogP contribution >= 0.6 is 0 Å². The van der Waals surface area contributed by atoms with Crippen molar-refractivity contribution in [3.63, 3.8) is 0 Å². The fraction of sp³-hybridized carbons (Fsp3) is 0.250. The van der Waals surface area contributed by atoms with E-state index in [9.17, 15) is 14.4 Å². The van der Waals surface area contributed by atoms with Crippen LogP contribution in [0.4, 0.5) is 11.4 Å². The summed E-state index contributed by atoms with van der Waals surface area (Å²) in [5, 5.41) is 3.06. The molecule has 1 atom stereocenters. The number of hydrogen-bond acceptors (Lipinski definition) is 4. The number of nitrogens with one attached hydrogen (secondary N) is 1. The number of fused-ring (bicyclic) bond motifs is 1. The van der Waals surface area contributed by atoms with Crippen molar-refractivity contribution >= 4 is 29.1 Å². The van der Waals surface area contributed by atoms with Crippen molar-refractivity contribution < 1.29 is 19.1 Å². The van der Waals surface area contributed by atoms with Gasteiger partial charge in [0, 0.05) is 34.8 Å². The lowest BCUT2D eigenvalue weighted by Crippen LogP contribution is -2.55. The van der Waals surface area contributed by atoms with E-state index in [4.69, 9.17) is 10.5 Å². The van der Waals surface area contributed by atoms with Gasteiger partial charge in [0.2, 0.25) is 11.8 Å². The summed E-state index contributed by atoms with van der Waals surface area (Å²) in [5.41, 5.74) is 10.4. The Bertz CT molecular complexity index is 1650. The molecule has 0 radical (unpaired) electrons. The van der Waals surface area contributed by atoms with E-state index in [0.717, 1.165) is 27.9 Å². The highest BCUT2D eigenvalue weighted by atomic mass is 16.5. The van der Waals surface area contributed by atoms with Gasteiger partial charge >= 0.3 is 0 Å². The summed E-state index contributed by atoms with van der Waals surface area (Å²) in [6.07, 6.45) is 0.806. The van der Waals surface area contributed by atoms with E-state index in [0.29, 0.717) is 23.4 Å². The molecular formula is C36H37N3O4. The summed E-state index contributed by atoms with van der Waals surface area (Å²) in [6, 6.07) is 31.1. The summed E-state index contributed by atoms with van der Waals surface area (Å²) < 4.78 is 5.69. The van der Waals surface area contributed by atoms with Crippen LogP contribution in [0.5, 0.6) is 5.75 Å². The Hall–Kier alpha value is -4.91. The Kier molecular flexibility index (Phi) is 8.09. The van der Waals surface area contributed by atoms with E-state index < -0.39 is 16.9 Å². The molecule has 43 heavy (non-hydrogen) atoms. The van der Waals surface area contributed by atoms with Crippen LogP contribution in [0, 0.1) is 0 Å². The molecule has 0 bridgehead atoms. The summed E-state index contributed by atoms with van der Waals surface area (Å²) >= 11 is 0. The number of amides is 3. The standard InChI is InChI=1S/C36H37N3O4/c1-24(40)39-32-19-16-29(38-34(42)27-12-10-26(11-13-27)25-8-6-5-7-9-25)22-31(32)36(4,23-35(39,2)3)28-14-17-30(18-15-28)43-21-20-33(37)41/h5-19,22H,20-21,23H2,1-4H3,(H2,37,41)(H,38,42). The number of carbonyl (C=O) groups excluding carboxylic acids is 3. The highest BCUT2D eigenvalue weighted by Gasteiger charge is 2.47. The fourth-order valence-corrected chi connectivity index (χ4v) is 6.31. The third-order valence-electron chi connectivity index (χ3n) is 8.16. The normalized spacial score (nSPS) is 17.1. The SMILES string of the molecule is CC(=O)N1c2ccc(NC(=O)c3ccc(-c4ccccc4)cc3)cc2C(C)(c2ccc(OCCC(N)=O)cc2)CC1(C)C. The number of nitrogens with two attached hydrogens (primary N) is 1. The van der Waals surface area contributed by atoms with Crippen LogP contribution in [0.15, 0.2) is 97.1 Å². The molecule has 1 heterocycles. The number of hydrogen-bond donors (Lipinski definition) is 2. The first-order valence-electron chi connectivity index (χ1n) is 14.4. The first-order chi connectivity index (χ1) is 20.5. The molecule has 0 saturated heterocycles. The third-order valence-corrected chi connectivity index (χ3v) is 8.16. The molecular weight excluding hydrogens is 538 g/mol. The number of rotatable bonds is 8. The minimum atomic E-state index is -0.478. The molecule has 4 aromatic carbocycles. The second-order valence-corrected chi connectivity index (χ2v) is 11.9. The van der Waals surface area contributed by atoms with Crippen LogP contribution in [0.1, 0.15) is 62.0 Å². The van der Waals surface area contributed by atoms with Crippen molar-refractivity contribution in [1.29, 1.82) is 0 Å². The van der Waals surface area contributed by atoms with Crippen LogP contribution < -0.4 is 20.7 Å². The molecule has 7 heteroatoms. The van der Waals surface area contributed by atoms with Gasteiger partial charge < -0.3 is 20.7 Å². The summed E-state index contributed by atoms with van der Waals surface area (Å²) in [4.78, 5) is 39.1. The summed E-state index contributed by atoms with van der Waals surface area (Å²) in [7, 11) is 0. The fourth-order valence-electron chi connectivity index (χ4n) is 6.31. The van der Waals surface area contributed by atoms with Gasteiger partial charge in [-0.2, -0.15) is 0 Å². The predicted octanol–water partition coefficient (Wildman–Crippen LogP) is 6.70. The maximum Gasteiger partial charge on any atom is 0.255 e. The van der Waals surface area contributed by atoms with E-state index in [1.165, 1.54) is 0 Å². The lowest BCUT2D eigenvalue weighted by Gasteiger charge is -2.51. The average Bonchev–Trinajstić information content (AvgIpc) is 2.97. The number of nitrogens with zero attached hydrogens (tertiary/aromatic N) is 1. The minimum absolute atomic E-state index is 0.0400. The van der Waals surface area contributed by atoms with Gasteiger partial charge in [0.25, 0.3) is 5.91 Å². The first-order valence-corrected chi connectivity index (χ1v) is 14.4. The van der Waals surface area contributed by atoms with Gasteiger partial charge in [-0.1, -0.05) is 61.5 Å². The zero-order valence-electron chi connectivity index (χ0n) is 25.0. The molecule has 0 aliphatic carbocycles. The molecule has 3 amide bonds. The van der Waals surface area contributed by atoms with Crippen LogP contribution in [-0.4, -0.2) is 29.9 Å². The van der Waals surface area contributed by atoms with Crippen LogP contribution in [-0.2, 0) is 15.0 Å². The van der Waals surface area contributed by atoms with Gasteiger partial charge in [0.05, 0.1) is 13.0 Å². The lowest BCUT2D eigenvalue weighted by atomic mass is 9.65. The molecule has 0 spiro atoms. The van der Waals surface area contributed by atoms with Gasteiger partial charge in [-0.3, -0.25) is 14.4 Å². The van der Waals surface area contributed by atoms with Gasteiger partial charge in [0.1, 0.15) is 5.75 Å². The topological polar surface area (TPSA) is 102 Å². The molecule has 7 nitrogen and oxygen atoms in total. The smallest absolute Gasteiger partial charge is 0.255 e. The molecule has 3 N–H and O–H groups in total. The van der Waals surface area contributed by atoms with Gasteiger partial charge in [-0.25, -0.2) is 0 Å². The number of carbonyl (C=O) groups is 3. The van der Waals surface area contributed by atoms with Crippen LogP contribution in [0.25, 0.3) is 11.1 Å². The van der Waals surface area contributed by atoms with Crippen molar-refractivity contribution in [3.8, 4) is 16.9 Å². The second-order valence-electron chi connectivity index (χ2n) is 11.9. The highest BCUT2D eigenvalue weighted by Crippen LogP contribution is 2.51. The van der Waals surface area contributed by atoms with Crippen LogP contribution in [0.2, 0.25) is 0 Å². The number of ether oxygens (including phenoxy) is 1. The Morgan fingerprint density at radius 3 is 2.14 bits per heavy atom. The Labute approximate surface area is 252 Å². The molecule has 220 valence electrons. The lowest BCUT2D eigenvalue weighted by molar-refractivity contribution is -0.119. The molecule has 0 fully saturated rings.